The third-order valence-corrected chi connectivity index (χ3v) is 3.62. The summed E-state index contributed by atoms with van der Waals surface area (Å²) in [7, 11) is 3.18. The molecule has 0 saturated heterocycles. The maximum absolute atomic E-state index is 12.0. The lowest BCUT2D eigenvalue weighted by Gasteiger charge is -2.30. The standard InChI is InChI=1S/C15H18N2O3S/c1-8-13(9(2)18)14(17-15(21)16-8)11-6-5-10(19-3)7-12(11)20-4/h5-7,14H,1-4H3,(H2,16,17,21)/t14-/m0/s1. The van der Waals surface area contributed by atoms with E-state index in [0.717, 1.165) is 11.3 Å². The topological polar surface area (TPSA) is 59.6 Å². The quantitative estimate of drug-likeness (QED) is 0.831. The highest BCUT2D eigenvalue weighted by Crippen LogP contribution is 2.35. The van der Waals surface area contributed by atoms with Crippen LogP contribution in [0.15, 0.2) is 29.5 Å². The molecule has 6 heteroatoms. The van der Waals surface area contributed by atoms with E-state index in [1.54, 1.807) is 27.2 Å². The Morgan fingerprint density at radius 3 is 2.57 bits per heavy atom. The van der Waals surface area contributed by atoms with Crippen molar-refractivity contribution in [2.45, 2.75) is 19.9 Å². The molecule has 0 unspecified atom stereocenters. The first kappa shape index (κ1) is 15.3. The second kappa shape index (κ2) is 6.13. The zero-order valence-corrected chi connectivity index (χ0v) is 13.3. The predicted molar refractivity (Wildman–Crippen MR) is 84.5 cm³/mol. The molecule has 0 bridgehead atoms. The molecule has 0 spiro atoms. The van der Waals surface area contributed by atoms with E-state index in [4.69, 9.17) is 21.7 Å². The number of thiocarbonyl (C=S) groups is 1. The molecule has 2 rings (SSSR count). The summed E-state index contributed by atoms with van der Waals surface area (Å²) in [4.78, 5) is 12.0. The third kappa shape index (κ3) is 3.00. The summed E-state index contributed by atoms with van der Waals surface area (Å²) in [5, 5.41) is 6.60. The second-order valence-electron chi connectivity index (χ2n) is 4.73. The molecule has 0 saturated carbocycles. The van der Waals surface area contributed by atoms with Crippen molar-refractivity contribution in [1.82, 2.24) is 10.6 Å². The molecule has 1 heterocycles. The van der Waals surface area contributed by atoms with E-state index in [1.807, 2.05) is 19.1 Å². The molecule has 0 aliphatic carbocycles. The van der Waals surface area contributed by atoms with Crippen molar-refractivity contribution in [2.75, 3.05) is 14.2 Å². The van der Waals surface area contributed by atoms with E-state index in [-0.39, 0.29) is 11.8 Å². The Bertz CT molecular complexity index is 625. The molecule has 2 N–H and O–H groups in total. The minimum atomic E-state index is -0.336. The highest BCUT2D eigenvalue weighted by Gasteiger charge is 2.29. The zero-order chi connectivity index (χ0) is 15.6. The van der Waals surface area contributed by atoms with Crippen molar-refractivity contribution >= 4 is 23.1 Å². The van der Waals surface area contributed by atoms with Gasteiger partial charge in [0.05, 0.1) is 20.3 Å². The van der Waals surface area contributed by atoms with Gasteiger partial charge in [0, 0.05) is 22.9 Å². The van der Waals surface area contributed by atoms with Crippen molar-refractivity contribution in [2.24, 2.45) is 0 Å². The number of Topliss-reactive ketones (excluding diaryl/α,β-unsaturated/α-hetero) is 1. The van der Waals surface area contributed by atoms with Crippen LogP contribution >= 0.6 is 12.2 Å². The van der Waals surface area contributed by atoms with E-state index in [0.29, 0.717) is 22.2 Å². The van der Waals surface area contributed by atoms with Gasteiger partial charge >= 0.3 is 0 Å². The summed E-state index contributed by atoms with van der Waals surface area (Å²) in [5.74, 6) is 1.32. The van der Waals surface area contributed by atoms with Crippen LogP contribution in [0.5, 0.6) is 11.5 Å². The molecular formula is C15H18N2O3S. The van der Waals surface area contributed by atoms with Gasteiger partial charge in [0.25, 0.3) is 0 Å². The van der Waals surface area contributed by atoms with Gasteiger partial charge < -0.3 is 20.1 Å². The van der Waals surface area contributed by atoms with Gasteiger partial charge in [-0.25, -0.2) is 0 Å². The molecule has 1 aliphatic heterocycles. The monoisotopic (exact) mass is 306 g/mol. The van der Waals surface area contributed by atoms with Crippen molar-refractivity contribution in [3.63, 3.8) is 0 Å². The number of hydrogen-bond donors (Lipinski definition) is 2. The lowest BCUT2D eigenvalue weighted by atomic mass is 9.92. The highest BCUT2D eigenvalue weighted by molar-refractivity contribution is 7.80. The van der Waals surface area contributed by atoms with E-state index in [2.05, 4.69) is 10.6 Å². The number of ether oxygens (including phenoxy) is 2. The Morgan fingerprint density at radius 1 is 1.29 bits per heavy atom. The van der Waals surface area contributed by atoms with Crippen LogP contribution in [0.25, 0.3) is 0 Å². The lowest BCUT2D eigenvalue weighted by molar-refractivity contribution is -0.114. The van der Waals surface area contributed by atoms with Crippen molar-refractivity contribution in [3.05, 3.63) is 35.0 Å². The molecular weight excluding hydrogens is 288 g/mol. The van der Waals surface area contributed by atoms with Crippen molar-refractivity contribution in [1.29, 1.82) is 0 Å². The Hall–Kier alpha value is -2.08. The van der Waals surface area contributed by atoms with Gasteiger partial charge in [0.1, 0.15) is 11.5 Å². The summed E-state index contributed by atoms with van der Waals surface area (Å²) in [6, 6.07) is 5.16. The normalized spacial score (nSPS) is 17.9. The molecule has 0 fully saturated rings. The number of carbonyl (C=O) groups excluding carboxylic acids is 1. The number of methoxy groups -OCH3 is 2. The summed E-state index contributed by atoms with van der Waals surface area (Å²) < 4.78 is 10.6. The smallest absolute Gasteiger partial charge is 0.171 e. The SMILES string of the molecule is COc1ccc([C@@H]2NC(=S)NC(C)=C2C(C)=O)c(OC)c1. The van der Waals surface area contributed by atoms with Crippen LogP contribution in [0.1, 0.15) is 25.5 Å². The van der Waals surface area contributed by atoms with Crippen LogP contribution in [0.4, 0.5) is 0 Å². The lowest BCUT2D eigenvalue weighted by Crippen LogP contribution is -2.44. The summed E-state index contributed by atoms with van der Waals surface area (Å²) in [5.41, 5.74) is 2.24. The molecule has 1 aromatic rings. The molecule has 112 valence electrons. The molecule has 0 amide bonds. The highest BCUT2D eigenvalue weighted by atomic mass is 32.1. The number of benzene rings is 1. The molecule has 1 atom stereocenters. The van der Waals surface area contributed by atoms with E-state index >= 15 is 0 Å². The Balaban J connectivity index is 2.55. The number of nitrogens with one attached hydrogen (secondary N) is 2. The fourth-order valence-corrected chi connectivity index (χ4v) is 2.72. The van der Waals surface area contributed by atoms with Crippen molar-refractivity contribution < 1.29 is 14.3 Å². The average molecular weight is 306 g/mol. The van der Waals surface area contributed by atoms with Gasteiger partial charge in [0.15, 0.2) is 10.9 Å². The largest absolute Gasteiger partial charge is 0.497 e. The van der Waals surface area contributed by atoms with E-state index in [1.165, 1.54) is 0 Å². The fourth-order valence-electron chi connectivity index (χ4n) is 2.45. The van der Waals surface area contributed by atoms with Gasteiger partial charge in [-0.1, -0.05) is 0 Å². The third-order valence-electron chi connectivity index (χ3n) is 3.40. The summed E-state index contributed by atoms with van der Waals surface area (Å²) >= 11 is 5.19. The van der Waals surface area contributed by atoms with Crippen LogP contribution in [-0.4, -0.2) is 25.1 Å². The molecule has 5 nitrogen and oxygen atoms in total. The molecule has 21 heavy (non-hydrogen) atoms. The molecule has 1 aliphatic rings. The first-order chi connectivity index (χ1) is 9.97. The van der Waals surface area contributed by atoms with Gasteiger partial charge in [-0.05, 0) is 38.2 Å². The molecule has 0 radical (unpaired) electrons. The van der Waals surface area contributed by atoms with Gasteiger partial charge in [-0.3, -0.25) is 4.79 Å². The van der Waals surface area contributed by atoms with Crippen molar-refractivity contribution in [3.8, 4) is 11.5 Å². The van der Waals surface area contributed by atoms with Crippen LogP contribution < -0.4 is 20.1 Å². The maximum Gasteiger partial charge on any atom is 0.171 e. The van der Waals surface area contributed by atoms with Crippen LogP contribution in [0, 0.1) is 0 Å². The second-order valence-corrected chi connectivity index (χ2v) is 5.14. The predicted octanol–water partition coefficient (Wildman–Crippen LogP) is 2.09. The summed E-state index contributed by atoms with van der Waals surface area (Å²) in [6.45, 7) is 3.38. The number of ketones is 1. The Morgan fingerprint density at radius 2 is 2.00 bits per heavy atom. The Labute approximate surface area is 129 Å². The minimum absolute atomic E-state index is 0.0159. The average Bonchev–Trinajstić information content (AvgIpc) is 2.45. The van der Waals surface area contributed by atoms with Gasteiger partial charge in [0.2, 0.25) is 0 Å². The van der Waals surface area contributed by atoms with Crippen LogP contribution in [0.2, 0.25) is 0 Å². The van der Waals surface area contributed by atoms with E-state index < -0.39 is 0 Å². The number of hydrogen-bond acceptors (Lipinski definition) is 4. The molecule has 0 aromatic heterocycles. The minimum Gasteiger partial charge on any atom is -0.497 e. The zero-order valence-electron chi connectivity index (χ0n) is 12.4. The van der Waals surface area contributed by atoms with E-state index in [9.17, 15) is 4.79 Å². The van der Waals surface area contributed by atoms with Gasteiger partial charge in [-0.15, -0.1) is 0 Å². The van der Waals surface area contributed by atoms with Crippen LogP contribution in [-0.2, 0) is 4.79 Å². The van der Waals surface area contributed by atoms with Gasteiger partial charge in [-0.2, -0.15) is 0 Å². The number of allylic oxidation sites excluding steroid dienone is 1. The fraction of sp³-hybridized carbons (Fsp3) is 0.333. The summed E-state index contributed by atoms with van der Waals surface area (Å²) in [6.07, 6.45) is 0. The molecule has 1 aromatic carbocycles. The number of rotatable bonds is 4. The maximum atomic E-state index is 12.0. The van der Waals surface area contributed by atoms with Crippen LogP contribution in [0.3, 0.4) is 0 Å². The number of carbonyl (C=O) groups is 1. The Kier molecular flexibility index (Phi) is 4.47. The first-order valence-electron chi connectivity index (χ1n) is 6.49. The first-order valence-corrected chi connectivity index (χ1v) is 6.90.